The van der Waals surface area contributed by atoms with Gasteiger partial charge in [0, 0.05) is 17.6 Å². The topological polar surface area (TPSA) is 117 Å². The van der Waals surface area contributed by atoms with E-state index in [1.54, 1.807) is 5.38 Å². The van der Waals surface area contributed by atoms with E-state index in [9.17, 15) is 4.79 Å². The number of carboxylic acid groups (broad SMARTS) is 1. The molecule has 2 heterocycles. The molecule has 20 heavy (non-hydrogen) atoms. The number of anilines is 1. The first-order chi connectivity index (χ1) is 9.58. The molecule has 0 spiro atoms. The minimum atomic E-state index is -1.07. The average Bonchev–Trinajstić information content (AvgIpc) is 3.03. The molecular weight excluding hydrogens is 278 g/mol. The Balaban J connectivity index is 1.77. The number of aryl methyl sites for hydroxylation is 2. The van der Waals surface area contributed by atoms with Crippen LogP contribution in [0, 0.1) is 6.92 Å². The zero-order valence-corrected chi connectivity index (χ0v) is 11.9. The van der Waals surface area contributed by atoms with Gasteiger partial charge in [0.1, 0.15) is 6.04 Å². The lowest BCUT2D eigenvalue weighted by Gasteiger charge is -2.03. The van der Waals surface area contributed by atoms with Crippen molar-refractivity contribution in [3.63, 3.8) is 0 Å². The van der Waals surface area contributed by atoms with Crippen molar-refractivity contribution in [3.8, 4) is 0 Å². The van der Waals surface area contributed by atoms with E-state index in [0.29, 0.717) is 10.8 Å². The zero-order valence-electron chi connectivity index (χ0n) is 11.1. The molecule has 0 aliphatic heterocycles. The van der Waals surface area contributed by atoms with Crippen LogP contribution in [0.15, 0.2) is 11.6 Å². The Hall–Kier alpha value is -1.93. The predicted octanol–water partition coefficient (Wildman–Crippen LogP) is 1.30. The van der Waals surface area contributed by atoms with Crippen LogP contribution < -0.4 is 11.1 Å². The van der Waals surface area contributed by atoms with Gasteiger partial charge in [-0.2, -0.15) is 5.10 Å². The molecule has 0 aromatic carbocycles. The molecule has 2 aromatic rings. The molecule has 0 aliphatic rings. The van der Waals surface area contributed by atoms with Crippen LogP contribution in [0.5, 0.6) is 0 Å². The first-order valence-electron chi connectivity index (χ1n) is 6.24. The van der Waals surface area contributed by atoms with Gasteiger partial charge in [-0.1, -0.05) is 0 Å². The molecule has 2 aromatic heterocycles. The van der Waals surface area contributed by atoms with Crippen LogP contribution in [0.25, 0.3) is 0 Å². The van der Waals surface area contributed by atoms with E-state index in [2.05, 4.69) is 20.5 Å². The summed E-state index contributed by atoms with van der Waals surface area (Å²) < 4.78 is 0. The second-order valence-electron chi connectivity index (χ2n) is 4.44. The molecule has 0 radical (unpaired) electrons. The molecule has 0 saturated carbocycles. The van der Waals surface area contributed by atoms with Gasteiger partial charge in [-0.25, -0.2) is 4.98 Å². The highest BCUT2D eigenvalue weighted by Gasteiger charge is 2.17. The summed E-state index contributed by atoms with van der Waals surface area (Å²) in [5, 5.41) is 21.2. The second kappa shape index (κ2) is 6.49. The number of hydrogen-bond donors (Lipinski definition) is 4. The van der Waals surface area contributed by atoms with E-state index in [1.165, 1.54) is 16.9 Å². The van der Waals surface area contributed by atoms with Crippen molar-refractivity contribution in [1.29, 1.82) is 0 Å². The fourth-order valence-electron chi connectivity index (χ4n) is 1.74. The van der Waals surface area contributed by atoms with Crippen LogP contribution in [0.2, 0.25) is 0 Å². The Labute approximate surface area is 120 Å². The van der Waals surface area contributed by atoms with Crippen LogP contribution in [-0.4, -0.2) is 32.8 Å². The second-order valence-corrected chi connectivity index (χ2v) is 5.30. The van der Waals surface area contributed by atoms with Gasteiger partial charge in [0.05, 0.1) is 11.9 Å². The summed E-state index contributed by atoms with van der Waals surface area (Å²) >= 11 is 1.36. The number of nitrogens with one attached hydrogen (secondary N) is 2. The zero-order chi connectivity index (χ0) is 14.5. The molecule has 108 valence electrons. The Morgan fingerprint density at radius 3 is 3.10 bits per heavy atom. The molecule has 5 N–H and O–H groups in total. The Kier molecular flexibility index (Phi) is 4.70. The highest BCUT2D eigenvalue weighted by molar-refractivity contribution is 7.13. The number of H-pyrrole nitrogens is 1. The van der Waals surface area contributed by atoms with Gasteiger partial charge in [-0.3, -0.25) is 9.89 Å². The monoisotopic (exact) mass is 295 g/mol. The van der Waals surface area contributed by atoms with E-state index in [-0.39, 0.29) is 0 Å². The van der Waals surface area contributed by atoms with Crippen LogP contribution in [0.3, 0.4) is 0 Å². The molecular formula is C12H17N5O2S. The average molecular weight is 295 g/mol. The van der Waals surface area contributed by atoms with E-state index in [1.807, 2.05) is 13.1 Å². The highest BCUT2D eigenvalue weighted by atomic mass is 32.1. The number of carboxylic acids is 1. The minimum absolute atomic E-state index is 0.385. The van der Waals surface area contributed by atoms with Gasteiger partial charge in [-0.05, 0) is 25.3 Å². The molecule has 0 bridgehead atoms. The number of thiazole rings is 1. The number of aliphatic carboxylic acids is 1. The van der Waals surface area contributed by atoms with Crippen molar-refractivity contribution in [2.24, 2.45) is 5.73 Å². The lowest BCUT2D eigenvalue weighted by atomic mass is 10.1. The number of nitrogens with zero attached hydrogens (tertiary/aromatic N) is 2. The first-order valence-corrected chi connectivity index (χ1v) is 7.12. The quantitative estimate of drug-likeness (QED) is 0.572. The Bertz CT molecular complexity index is 580. The van der Waals surface area contributed by atoms with Crippen molar-refractivity contribution < 1.29 is 9.90 Å². The summed E-state index contributed by atoms with van der Waals surface area (Å²) in [6, 6.07) is -1.06. The van der Waals surface area contributed by atoms with Gasteiger partial charge >= 0.3 is 5.97 Å². The van der Waals surface area contributed by atoms with Crippen molar-refractivity contribution in [1.82, 2.24) is 15.2 Å². The van der Waals surface area contributed by atoms with Gasteiger partial charge < -0.3 is 16.2 Å². The minimum Gasteiger partial charge on any atom is -0.480 e. The van der Waals surface area contributed by atoms with Crippen LogP contribution in [-0.2, 0) is 11.2 Å². The van der Waals surface area contributed by atoms with Crippen molar-refractivity contribution in [2.45, 2.75) is 25.8 Å². The van der Waals surface area contributed by atoms with Crippen LogP contribution in [0.4, 0.5) is 5.13 Å². The normalized spacial score (nSPS) is 12.3. The summed E-state index contributed by atoms with van der Waals surface area (Å²) in [6.07, 6.45) is 3.71. The van der Waals surface area contributed by atoms with Crippen LogP contribution in [0.1, 0.15) is 29.4 Å². The van der Waals surface area contributed by atoms with Gasteiger partial charge in [0.2, 0.25) is 0 Å². The standard InChI is InChI=1S/C12H17N5O2S/c1-7-8(5-15-17-7)3-2-4-14-12-16-9(6-20-12)10(13)11(18)19/h5-6,10H,2-4,13H2,1H3,(H,14,16)(H,15,17)(H,18,19). The van der Waals surface area contributed by atoms with Crippen LogP contribution >= 0.6 is 11.3 Å². The Morgan fingerprint density at radius 2 is 2.45 bits per heavy atom. The van der Waals surface area contributed by atoms with Crippen molar-refractivity contribution in [3.05, 3.63) is 28.5 Å². The number of hydrogen-bond acceptors (Lipinski definition) is 6. The molecule has 0 saturated heterocycles. The maximum absolute atomic E-state index is 10.7. The number of nitrogens with two attached hydrogens (primary N) is 1. The molecule has 0 aliphatic carbocycles. The predicted molar refractivity (Wildman–Crippen MR) is 76.8 cm³/mol. The highest BCUT2D eigenvalue weighted by Crippen LogP contribution is 2.19. The van der Waals surface area contributed by atoms with E-state index in [4.69, 9.17) is 10.8 Å². The fraction of sp³-hybridized carbons (Fsp3) is 0.417. The van der Waals surface area contributed by atoms with Gasteiger partial charge in [-0.15, -0.1) is 11.3 Å². The molecule has 0 fully saturated rings. The summed E-state index contributed by atoms with van der Waals surface area (Å²) in [5.74, 6) is -1.07. The third-order valence-electron chi connectivity index (χ3n) is 2.94. The number of aromatic nitrogens is 3. The largest absolute Gasteiger partial charge is 0.480 e. The van der Waals surface area contributed by atoms with Crippen molar-refractivity contribution in [2.75, 3.05) is 11.9 Å². The third kappa shape index (κ3) is 3.55. The molecule has 1 unspecified atom stereocenters. The lowest BCUT2D eigenvalue weighted by molar-refractivity contribution is -0.138. The molecule has 0 amide bonds. The molecule has 2 rings (SSSR count). The molecule has 7 nitrogen and oxygen atoms in total. The summed E-state index contributed by atoms with van der Waals surface area (Å²) in [4.78, 5) is 14.9. The maximum Gasteiger partial charge on any atom is 0.326 e. The van der Waals surface area contributed by atoms with E-state index in [0.717, 1.165) is 25.1 Å². The summed E-state index contributed by atoms with van der Waals surface area (Å²) in [6.45, 7) is 2.76. The van der Waals surface area contributed by atoms with Gasteiger partial charge in [0.15, 0.2) is 5.13 Å². The molecule has 1 atom stereocenters. The van der Waals surface area contributed by atoms with E-state index < -0.39 is 12.0 Å². The Morgan fingerprint density at radius 1 is 1.65 bits per heavy atom. The van der Waals surface area contributed by atoms with Crippen molar-refractivity contribution >= 4 is 22.4 Å². The SMILES string of the molecule is Cc1[nH]ncc1CCCNc1nc(C(N)C(=O)O)cs1. The number of aromatic amines is 1. The maximum atomic E-state index is 10.7. The van der Waals surface area contributed by atoms with Gasteiger partial charge in [0.25, 0.3) is 0 Å². The summed E-state index contributed by atoms with van der Waals surface area (Å²) in [5.41, 5.74) is 8.18. The number of carbonyl (C=O) groups is 1. The number of rotatable bonds is 7. The summed E-state index contributed by atoms with van der Waals surface area (Å²) in [7, 11) is 0. The first kappa shape index (κ1) is 14.5. The molecule has 8 heteroatoms. The third-order valence-corrected chi connectivity index (χ3v) is 3.76. The fourth-order valence-corrected chi connectivity index (χ4v) is 2.51. The van der Waals surface area contributed by atoms with E-state index >= 15 is 0 Å². The smallest absolute Gasteiger partial charge is 0.326 e. The lowest BCUT2D eigenvalue weighted by Crippen LogP contribution is -2.20.